The summed E-state index contributed by atoms with van der Waals surface area (Å²) in [5, 5.41) is 19.2. The fourth-order valence-electron chi connectivity index (χ4n) is 3.14. The minimum Gasteiger partial charge on any atom is -0.372 e. The standard InChI is InChI=1S/C16H17ClN4O/c1-9-7-21(8-10(2)22-9)16-13(6-19)14(11-3-4-11)12(5-18)15(17)20-16/h9-11H,3-4,7-8H2,1-2H3. The highest BCUT2D eigenvalue weighted by Gasteiger charge is 2.34. The Balaban J connectivity index is 2.12. The van der Waals surface area contributed by atoms with Crippen molar-refractivity contribution in [2.45, 2.75) is 44.8 Å². The van der Waals surface area contributed by atoms with Crippen molar-refractivity contribution in [1.82, 2.24) is 4.98 Å². The number of halogens is 1. The Bertz CT molecular complexity index is 677. The molecule has 0 N–H and O–H groups in total. The lowest BCUT2D eigenvalue weighted by Gasteiger charge is -2.36. The predicted molar refractivity (Wildman–Crippen MR) is 82.9 cm³/mol. The Kier molecular flexibility index (Phi) is 3.95. The van der Waals surface area contributed by atoms with Gasteiger partial charge in [-0.3, -0.25) is 0 Å². The molecule has 6 heteroatoms. The van der Waals surface area contributed by atoms with Gasteiger partial charge in [0.25, 0.3) is 0 Å². The van der Waals surface area contributed by atoms with Gasteiger partial charge in [0.15, 0.2) is 0 Å². The number of hydrogen-bond acceptors (Lipinski definition) is 5. The molecule has 2 aliphatic rings. The quantitative estimate of drug-likeness (QED) is 0.784. The molecule has 0 spiro atoms. The summed E-state index contributed by atoms with van der Waals surface area (Å²) in [5.74, 6) is 0.856. The Morgan fingerprint density at radius 3 is 2.23 bits per heavy atom. The molecule has 1 saturated heterocycles. The van der Waals surface area contributed by atoms with E-state index in [2.05, 4.69) is 22.0 Å². The lowest BCUT2D eigenvalue weighted by Crippen LogP contribution is -2.46. The van der Waals surface area contributed by atoms with Crippen LogP contribution in [-0.4, -0.2) is 30.3 Å². The van der Waals surface area contributed by atoms with Gasteiger partial charge < -0.3 is 9.64 Å². The van der Waals surface area contributed by atoms with Crippen LogP contribution in [-0.2, 0) is 4.74 Å². The highest BCUT2D eigenvalue weighted by Crippen LogP contribution is 2.46. The fourth-order valence-corrected chi connectivity index (χ4v) is 3.36. The van der Waals surface area contributed by atoms with E-state index < -0.39 is 0 Å². The Labute approximate surface area is 135 Å². The van der Waals surface area contributed by atoms with Crippen LogP contribution in [0.15, 0.2) is 0 Å². The smallest absolute Gasteiger partial charge is 0.149 e. The SMILES string of the molecule is CC1CN(c2nc(Cl)c(C#N)c(C3CC3)c2C#N)CC(C)O1. The van der Waals surface area contributed by atoms with Crippen LogP contribution in [0.25, 0.3) is 0 Å². The van der Waals surface area contributed by atoms with Gasteiger partial charge in [-0.25, -0.2) is 4.98 Å². The number of anilines is 1. The highest BCUT2D eigenvalue weighted by molar-refractivity contribution is 6.30. The summed E-state index contributed by atoms with van der Waals surface area (Å²) in [7, 11) is 0. The van der Waals surface area contributed by atoms with Crippen LogP contribution in [0, 0.1) is 22.7 Å². The van der Waals surface area contributed by atoms with Gasteiger partial charge in [0, 0.05) is 13.1 Å². The van der Waals surface area contributed by atoms with E-state index in [1.807, 2.05) is 13.8 Å². The third kappa shape index (κ3) is 2.63. The summed E-state index contributed by atoms with van der Waals surface area (Å²) in [6, 6.07) is 4.38. The molecule has 0 aromatic carbocycles. The largest absolute Gasteiger partial charge is 0.372 e. The van der Waals surface area contributed by atoms with E-state index in [1.165, 1.54) is 0 Å². The zero-order valence-electron chi connectivity index (χ0n) is 12.6. The van der Waals surface area contributed by atoms with Crippen LogP contribution >= 0.6 is 11.6 Å². The number of hydrogen-bond donors (Lipinski definition) is 0. The summed E-state index contributed by atoms with van der Waals surface area (Å²) < 4.78 is 5.74. The van der Waals surface area contributed by atoms with Crippen molar-refractivity contribution in [3.8, 4) is 12.1 Å². The van der Waals surface area contributed by atoms with E-state index in [0.717, 1.165) is 18.4 Å². The average Bonchev–Trinajstić information content (AvgIpc) is 3.29. The average molecular weight is 317 g/mol. The predicted octanol–water partition coefficient (Wildman–Crippen LogP) is 2.97. The molecule has 1 aliphatic heterocycles. The molecular weight excluding hydrogens is 300 g/mol. The van der Waals surface area contributed by atoms with Crippen molar-refractivity contribution in [3.63, 3.8) is 0 Å². The molecule has 2 fully saturated rings. The summed E-state index contributed by atoms with van der Waals surface area (Å²) in [6.07, 6.45) is 2.13. The van der Waals surface area contributed by atoms with Crippen LogP contribution in [0.3, 0.4) is 0 Å². The van der Waals surface area contributed by atoms with Gasteiger partial charge in [-0.15, -0.1) is 0 Å². The minimum atomic E-state index is 0.0656. The van der Waals surface area contributed by atoms with Crippen molar-refractivity contribution in [1.29, 1.82) is 10.5 Å². The van der Waals surface area contributed by atoms with Gasteiger partial charge in [-0.2, -0.15) is 10.5 Å². The number of rotatable bonds is 2. The van der Waals surface area contributed by atoms with Gasteiger partial charge in [-0.05, 0) is 38.2 Å². The zero-order valence-corrected chi connectivity index (χ0v) is 13.4. The minimum absolute atomic E-state index is 0.0656. The maximum atomic E-state index is 9.65. The van der Waals surface area contributed by atoms with E-state index in [1.54, 1.807) is 0 Å². The van der Waals surface area contributed by atoms with E-state index in [0.29, 0.717) is 30.0 Å². The number of pyridine rings is 1. The molecule has 1 aromatic heterocycles. The first-order valence-electron chi connectivity index (χ1n) is 7.49. The number of ether oxygens (including phenoxy) is 1. The number of nitrogens with zero attached hydrogens (tertiary/aromatic N) is 4. The normalized spacial score (nSPS) is 24.7. The lowest BCUT2D eigenvalue weighted by atomic mass is 9.99. The summed E-state index contributed by atoms with van der Waals surface area (Å²) in [5.41, 5.74) is 1.65. The Morgan fingerprint density at radius 1 is 1.14 bits per heavy atom. The van der Waals surface area contributed by atoms with Gasteiger partial charge >= 0.3 is 0 Å². The van der Waals surface area contributed by atoms with Crippen molar-refractivity contribution in [3.05, 3.63) is 21.8 Å². The molecule has 0 bridgehead atoms. The highest BCUT2D eigenvalue weighted by atomic mass is 35.5. The van der Waals surface area contributed by atoms with Crippen LogP contribution in [0.5, 0.6) is 0 Å². The van der Waals surface area contributed by atoms with Crippen molar-refractivity contribution in [2.75, 3.05) is 18.0 Å². The monoisotopic (exact) mass is 316 g/mol. The van der Waals surface area contributed by atoms with Crippen LogP contribution < -0.4 is 4.90 Å². The molecule has 0 amide bonds. The first kappa shape index (κ1) is 15.1. The van der Waals surface area contributed by atoms with E-state index in [-0.39, 0.29) is 23.3 Å². The second kappa shape index (κ2) is 5.76. The van der Waals surface area contributed by atoms with Gasteiger partial charge in [0.1, 0.15) is 23.1 Å². The molecule has 1 aliphatic carbocycles. The summed E-state index contributed by atoms with van der Waals surface area (Å²) >= 11 is 6.23. The van der Waals surface area contributed by atoms with E-state index in [9.17, 15) is 10.5 Å². The van der Waals surface area contributed by atoms with E-state index >= 15 is 0 Å². The second-order valence-corrected chi connectivity index (χ2v) is 6.41. The number of morpholine rings is 1. The van der Waals surface area contributed by atoms with Crippen LogP contribution in [0.1, 0.15) is 49.3 Å². The van der Waals surface area contributed by atoms with E-state index in [4.69, 9.17) is 16.3 Å². The van der Waals surface area contributed by atoms with Crippen LogP contribution in [0.2, 0.25) is 5.15 Å². The molecule has 1 saturated carbocycles. The Morgan fingerprint density at radius 2 is 1.73 bits per heavy atom. The molecule has 2 unspecified atom stereocenters. The molecule has 3 rings (SSSR count). The third-order valence-corrected chi connectivity index (χ3v) is 4.37. The zero-order chi connectivity index (χ0) is 15.9. The van der Waals surface area contributed by atoms with Gasteiger partial charge in [0.05, 0.1) is 23.3 Å². The summed E-state index contributed by atoms with van der Waals surface area (Å²) in [6.45, 7) is 5.33. The van der Waals surface area contributed by atoms with Crippen molar-refractivity contribution < 1.29 is 4.74 Å². The van der Waals surface area contributed by atoms with Crippen LogP contribution in [0.4, 0.5) is 5.82 Å². The second-order valence-electron chi connectivity index (χ2n) is 6.05. The van der Waals surface area contributed by atoms with Gasteiger partial charge in [0.2, 0.25) is 0 Å². The molecule has 114 valence electrons. The molecule has 2 heterocycles. The Hall–Kier alpha value is -1.82. The van der Waals surface area contributed by atoms with Crippen molar-refractivity contribution in [2.24, 2.45) is 0 Å². The molecule has 2 atom stereocenters. The number of nitriles is 2. The first-order chi connectivity index (χ1) is 10.5. The van der Waals surface area contributed by atoms with Crippen molar-refractivity contribution >= 4 is 17.4 Å². The number of aromatic nitrogens is 1. The topological polar surface area (TPSA) is 72.9 Å². The fraction of sp³-hybridized carbons (Fsp3) is 0.562. The molecule has 22 heavy (non-hydrogen) atoms. The first-order valence-corrected chi connectivity index (χ1v) is 7.87. The molecule has 0 radical (unpaired) electrons. The molecule has 5 nitrogen and oxygen atoms in total. The maximum absolute atomic E-state index is 9.65. The summed E-state index contributed by atoms with van der Waals surface area (Å²) in [4.78, 5) is 6.42. The van der Waals surface area contributed by atoms with Gasteiger partial charge in [-0.1, -0.05) is 11.6 Å². The maximum Gasteiger partial charge on any atom is 0.149 e. The lowest BCUT2D eigenvalue weighted by molar-refractivity contribution is -0.00547. The molecule has 1 aromatic rings. The molecular formula is C16H17ClN4O. The third-order valence-electron chi connectivity index (χ3n) is 4.10.